The molecule has 0 saturated carbocycles. The van der Waals surface area contributed by atoms with Crippen molar-refractivity contribution in [2.45, 2.75) is 32.4 Å². The molecular formula is C11H17ClSi. The van der Waals surface area contributed by atoms with Crippen LogP contribution in [-0.2, 0) is 0 Å². The van der Waals surface area contributed by atoms with Crippen molar-refractivity contribution in [3.8, 4) is 0 Å². The van der Waals surface area contributed by atoms with E-state index >= 15 is 0 Å². The molecule has 0 radical (unpaired) electrons. The van der Waals surface area contributed by atoms with Crippen molar-refractivity contribution in [3.63, 3.8) is 0 Å². The summed E-state index contributed by atoms with van der Waals surface area (Å²) in [7, 11) is -1.70. The van der Waals surface area contributed by atoms with Crippen LogP contribution in [0.5, 0.6) is 0 Å². The lowest BCUT2D eigenvalue weighted by Gasteiger charge is -2.27. The van der Waals surface area contributed by atoms with Crippen LogP contribution in [0.2, 0.25) is 11.6 Å². The van der Waals surface area contributed by atoms with Crippen LogP contribution in [0.15, 0.2) is 30.3 Å². The third kappa shape index (κ3) is 2.15. The zero-order chi connectivity index (χ0) is 9.90. The van der Waals surface area contributed by atoms with Gasteiger partial charge in [-0.2, -0.15) is 11.1 Å². The van der Waals surface area contributed by atoms with Crippen molar-refractivity contribution in [1.82, 2.24) is 0 Å². The molecule has 0 aliphatic heterocycles. The van der Waals surface area contributed by atoms with Gasteiger partial charge in [-0.3, -0.25) is 0 Å². The zero-order valence-electron chi connectivity index (χ0n) is 8.55. The molecule has 72 valence electrons. The maximum atomic E-state index is 6.72. The highest BCUT2D eigenvalue weighted by molar-refractivity contribution is 7.28. The highest BCUT2D eigenvalue weighted by atomic mass is 35.6. The van der Waals surface area contributed by atoms with E-state index in [2.05, 4.69) is 45.0 Å². The summed E-state index contributed by atoms with van der Waals surface area (Å²) < 4.78 is 0. The Morgan fingerprint density at radius 1 is 1.23 bits per heavy atom. The van der Waals surface area contributed by atoms with Gasteiger partial charge in [0, 0.05) is 0 Å². The highest BCUT2D eigenvalue weighted by Gasteiger charge is 2.34. The second kappa shape index (κ2) is 4.29. The molecule has 1 aromatic rings. The second-order valence-electron chi connectivity index (χ2n) is 3.74. The van der Waals surface area contributed by atoms with Gasteiger partial charge >= 0.3 is 0 Å². The molecule has 0 fully saturated rings. The largest absolute Gasteiger partial charge is 0.189 e. The van der Waals surface area contributed by atoms with Crippen LogP contribution >= 0.6 is 11.1 Å². The summed E-state index contributed by atoms with van der Waals surface area (Å²) in [5, 5.41) is 1.37. The Morgan fingerprint density at radius 2 is 1.77 bits per heavy atom. The molecule has 0 aliphatic rings. The van der Waals surface area contributed by atoms with E-state index in [1.807, 2.05) is 6.07 Å². The Morgan fingerprint density at radius 3 is 2.15 bits per heavy atom. The fraction of sp³-hybridized carbons (Fsp3) is 0.455. The van der Waals surface area contributed by atoms with Crippen LogP contribution in [-0.4, -0.2) is 7.38 Å². The van der Waals surface area contributed by atoms with Crippen LogP contribution in [0.1, 0.15) is 20.8 Å². The van der Waals surface area contributed by atoms with E-state index < -0.39 is 7.38 Å². The number of rotatable bonds is 3. The topological polar surface area (TPSA) is 0 Å². The molecule has 0 N–H and O–H groups in total. The lowest BCUT2D eigenvalue weighted by Crippen LogP contribution is -2.44. The Bertz CT molecular complexity index is 258. The third-order valence-corrected chi connectivity index (χ3v) is 9.60. The first-order valence-corrected chi connectivity index (χ1v) is 8.15. The van der Waals surface area contributed by atoms with Gasteiger partial charge < -0.3 is 0 Å². The van der Waals surface area contributed by atoms with Gasteiger partial charge in [-0.1, -0.05) is 51.1 Å². The minimum atomic E-state index is -1.70. The quantitative estimate of drug-likeness (QED) is 0.532. The van der Waals surface area contributed by atoms with Crippen LogP contribution < -0.4 is 5.19 Å². The normalized spacial score (nSPS) is 15.8. The molecule has 0 spiro atoms. The van der Waals surface area contributed by atoms with Crippen LogP contribution in [0.4, 0.5) is 0 Å². The van der Waals surface area contributed by atoms with E-state index in [-0.39, 0.29) is 0 Å². The van der Waals surface area contributed by atoms with Crippen molar-refractivity contribution in [2.75, 3.05) is 0 Å². The van der Waals surface area contributed by atoms with Crippen molar-refractivity contribution in [3.05, 3.63) is 30.3 Å². The molecule has 1 atom stereocenters. The van der Waals surface area contributed by atoms with Crippen molar-refractivity contribution >= 4 is 23.6 Å². The van der Waals surface area contributed by atoms with Gasteiger partial charge in [0.2, 0.25) is 0 Å². The summed E-state index contributed by atoms with van der Waals surface area (Å²) in [6.07, 6.45) is 0. The minimum Gasteiger partial charge on any atom is -0.161 e. The molecule has 0 saturated heterocycles. The SMILES string of the molecule is CC[Si](Cl)(c1ccccc1)C(C)C. The molecule has 1 unspecified atom stereocenters. The van der Waals surface area contributed by atoms with Gasteiger partial charge in [0.25, 0.3) is 0 Å². The van der Waals surface area contributed by atoms with Crippen LogP contribution in [0, 0.1) is 0 Å². The Kier molecular flexibility index (Phi) is 3.57. The second-order valence-corrected chi connectivity index (χ2v) is 9.92. The zero-order valence-corrected chi connectivity index (χ0v) is 10.3. The molecule has 0 heterocycles. The van der Waals surface area contributed by atoms with E-state index in [1.54, 1.807) is 0 Å². The first-order chi connectivity index (χ1) is 6.11. The Balaban J connectivity index is 3.03. The summed E-state index contributed by atoms with van der Waals surface area (Å²) in [5.74, 6) is 0. The van der Waals surface area contributed by atoms with Crippen molar-refractivity contribution in [2.24, 2.45) is 0 Å². The molecule has 1 aromatic carbocycles. The number of benzene rings is 1. The summed E-state index contributed by atoms with van der Waals surface area (Å²) in [6.45, 7) is 6.66. The average Bonchev–Trinajstić information content (AvgIpc) is 2.17. The molecule has 0 aliphatic carbocycles. The van der Waals surface area contributed by atoms with Gasteiger partial charge in [-0.25, -0.2) is 0 Å². The van der Waals surface area contributed by atoms with Crippen molar-refractivity contribution in [1.29, 1.82) is 0 Å². The number of halogens is 1. The van der Waals surface area contributed by atoms with Crippen LogP contribution in [0.3, 0.4) is 0 Å². The van der Waals surface area contributed by atoms with E-state index in [4.69, 9.17) is 11.1 Å². The fourth-order valence-corrected chi connectivity index (χ4v) is 4.68. The molecule has 0 aromatic heterocycles. The summed E-state index contributed by atoms with van der Waals surface area (Å²) >= 11 is 6.72. The Labute approximate surface area is 86.6 Å². The summed E-state index contributed by atoms with van der Waals surface area (Å²) in [6, 6.07) is 11.7. The standard InChI is InChI=1S/C11H17ClSi/c1-4-13(12,10(2)3)11-8-6-5-7-9-11/h5-10H,4H2,1-3H3. The number of hydrogen-bond donors (Lipinski definition) is 0. The van der Waals surface area contributed by atoms with Gasteiger partial charge in [0.1, 0.15) is 0 Å². The first-order valence-electron chi connectivity index (χ1n) is 4.85. The third-order valence-electron chi connectivity index (χ3n) is 2.68. The maximum absolute atomic E-state index is 6.72. The highest BCUT2D eigenvalue weighted by Crippen LogP contribution is 2.28. The first kappa shape index (κ1) is 10.8. The van der Waals surface area contributed by atoms with Crippen LogP contribution in [0.25, 0.3) is 0 Å². The van der Waals surface area contributed by atoms with Gasteiger partial charge in [-0.05, 0) is 16.8 Å². The molecule has 13 heavy (non-hydrogen) atoms. The van der Waals surface area contributed by atoms with E-state index in [0.717, 1.165) is 6.04 Å². The number of hydrogen-bond acceptors (Lipinski definition) is 0. The van der Waals surface area contributed by atoms with Gasteiger partial charge in [0.05, 0.1) is 0 Å². The predicted octanol–water partition coefficient (Wildman–Crippen LogP) is 3.51. The van der Waals surface area contributed by atoms with Gasteiger partial charge in [0.15, 0.2) is 7.38 Å². The smallest absolute Gasteiger partial charge is 0.161 e. The lowest BCUT2D eigenvalue weighted by atomic mass is 10.4. The maximum Gasteiger partial charge on any atom is 0.189 e. The molecule has 0 amide bonds. The Hall–Kier alpha value is -0.273. The summed E-state index contributed by atoms with van der Waals surface area (Å²) in [4.78, 5) is 0. The van der Waals surface area contributed by atoms with Crippen molar-refractivity contribution < 1.29 is 0 Å². The average molecular weight is 213 g/mol. The molecular weight excluding hydrogens is 196 g/mol. The van der Waals surface area contributed by atoms with Gasteiger partial charge in [-0.15, -0.1) is 0 Å². The monoisotopic (exact) mass is 212 g/mol. The molecule has 1 rings (SSSR count). The molecule has 0 nitrogen and oxygen atoms in total. The minimum absolute atomic E-state index is 0.599. The van der Waals surface area contributed by atoms with E-state index in [9.17, 15) is 0 Å². The lowest BCUT2D eigenvalue weighted by molar-refractivity contribution is 1.02. The molecule has 2 heteroatoms. The predicted molar refractivity (Wildman–Crippen MR) is 63.3 cm³/mol. The molecule has 0 bridgehead atoms. The summed E-state index contributed by atoms with van der Waals surface area (Å²) in [5.41, 5.74) is 0.599. The van der Waals surface area contributed by atoms with E-state index in [1.165, 1.54) is 5.19 Å². The van der Waals surface area contributed by atoms with E-state index in [0.29, 0.717) is 5.54 Å². The fourth-order valence-electron chi connectivity index (χ4n) is 1.66.